The molecule has 1 saturated carbocycles. The maximum absolute atomic E-state index is 5.89. The molecule has 3 rings (SSSR count). The van der Waals surface area contributed by atoms with Gasteiger partial charge in [0.2, 0.25) is 0 Å². The normalized spacial score (nSPS) is 35.2. The van der Waals surface area contributed by atoms with Crippen molar-refractivity contribution in [2.24, 2.45) is 0 Å². The number of hydrogen-bond acceptors (Lipinski definition) is 3. The van der Waals surface area contributed by atoms with Gasteiger partial charge in [-0.15, -0.1) is 0 Å². The molecule has 0 aromatic heterocycles. The largest absolute Gasteiger partial charge is 0.377 e. The van der Waals surface area contributed by atoms with E-state index in [0.29, 0.717) is 17.7 Å². The summed E-state index contributed by atoms with van der Waals surface area (Å²) < 4.78 is 5.89. The molecule has 2 unspecified atom stereocenters. The number of nitrogens with one attached hydrogen (secondary N) is 1. The molecule has 0 amide bonds. The van der Waals surface area contributed by atoms with Gasteiger partial charge in [0.15, 0.2) is 0 Å². The lowest BCUT2D eigenvalue weighted by Gasteiger charge is -2.49. The Morgan fingerprint density at radius 1 is 1.26 bits per heavy atom. The van der Waals surface area contributed by atoms with Gasteiger partial charge in [-0.25, -0.2) is 0 Å². The van der Waals surface area contributed by atoms with Gasteiger partial charge in [-0.1, -0.05) is 26.2 Å². The smallest absolute Gasteiger partial charge is 0.0703 e. The van der Waals surface area contributed by atoms with Crippen molar-refractivity contribution in [2.75, 3.05) is 26.2 Å². The zero-order valence-corrected chi connectivity index (χ0v) is 12.5. The molecular formula is C16H30N2O. The highest BCUT2D eigenvalue weighted by atomic mass is 16.5. The summed E-state index contributed by atoms with van der Waals surface area (Å²) in [6.07, 6.45) is 11.3. The Morgan fingerprint density at radius 2 is 2.11 bits per heavy atom. The average Bonchev–Trinajstić information content (AvgIpc) is 3.06. The highest BCUT2D eigenvalue weighted by Gasteiger charge is 2.44. The molecular weight excluding hydrogens is 236 g/mol. The zero-order chi connectivity index (χ0) is 13.1. The molecule has 3 aliphatic rings. The Morgan fingerprint density at radius 3 is 2.79 bits per heavy atom. The second-order valence-corrected chi connectivity index (χ2v) is 6.84. The van der Waals surface area contributed by atoms with Gasteiger partial charge in [0, 0.05) is 37.8 Å². The highest BCUT2D eigenvalue weighted by Crippen LogP contribution is 2.37. The molecule has 0 bridgehead atoms. The van der Waals surface area contributed by atoms with Crippen molar-refractivity contribution in [2.45, 2.75) is 76.0 Å². The van der Waals surface area contributed by atoms with Crippen molar-refractivity contribution in [1.29, 1.82) is 0 Å². The van der Waals surface area contributed by atoms with Crippen molar-refractivity contribution < 1.29 is 4.74 Å². The molecule has 3 heteroatoms. The van der Waals surface area contributed by atoms with Gasteiger partial charge in [0.05, 0.1) is 6.10 Å². The van der Waals surface area contributed by atoms with Crippen LogP contribution >= 0.6 is 0 Å². The molecule has 2 heterocycles. The van der Waals surface area contributed by atoms with E-state index in [1.807, 2.05) is 0 Å². The van der Waals surface area contributed by atoms with Crippen LogP contribution in [0.4, 0.5) is 0 Å². The fraction of sp³-hybridized carbons (Fsp3) is 1.00. The summed E-state index contributed by atoms with van der Waals surface area (Å²) in [5.41, 5.74) is 0.468. The van der Waals surface area contributed by atoms with Crippen molar-refractivity contribution in [1.82, 2.24) is 10.2 Å². The lowest BCUT2D eigenvalue weighted by molar-refractivity contribution is -0.00668. The Hall–Kier alpha value is -0.120. The third-order valence-electron chi connectivity index (χ3n) is 5.45. The minimum atomic E-state index is 0.468. The Balaban J connectivity index is 1.65. The van der Waals surface area contributed by atoms with E-state index >= 15 is 0 Å². The van der Waals surface area contributed by atoms with Crippen LogP contribution in [-0.4, -0.2) is 48.8 Å². The summed E-state index contributed by atoms with van der Waals surface area (Å²) in [5, 5.41) is 3.83. The van der Waals surface area contributed by atoms with E-state index < -0.39 is 0 Å². The van der Waals surface area contributed by atoms with E-state index in [1.165, 1.54) is 71.0 Å². The first kappa shape index (κ1) is 13.8. The van der Waals surface area contributed by atoms with Crippen LogP contribution in [0.25, 0.3) is 0 Å². The molecule has 1 aliphatic carbocycles. The van der Waals surface area contributed by atoms with Crippen molar-refractivity contribution in [3.05, 3.63) is 0 Å². The molecule has 2 aliphatic heterocycles. The average molecular weight is 266 g/mol. The van der Waals surface area contributed by atoms with Crippen molar-refractivity contribution in [3.8, 4) is 0 Å². The van der Waals surface area contributed by atoms with Gasteiger partial charge >= 0.3 is 0 Å². The second-order valence-electron chi connectivity index (χ2n) is 6.84. The highest BCUT2D eigenvalue weighted by molar-refractivity contribution is 5.02. The fourth-order valence-electron chi connectivity index (χ4n) is 4.34. The third kappa shape index (κ3) is 2.98. The molecule has 0 aromatic rings. The number of nitrogens with zero attached hydrogens (tertiary/aromatic N) is 1. The molecule has 19 heavy (non-hydrogen) atoms. The number of ether oxygens (including phenoxy) is 1. The van der Waals surface area contributed by atoms with Crippen LogP contribution in [-0.2, 0) is 4.74 Å². The first-order chi connectivity index (χ1) is 9.32. The molecule has 2 saturated heterocycles. The maximum Gasteiger partial charge on any atom is 0.0703 e. The number of hydrogen-bond donors (Lipinski definition) is 1. The van der Waals surface area contributed by atoms with Gasteiger partial charge < -0.3 is 10.1 Å². The van der Waals surface area contributed by atoms with Crippen molar-refractivity contribution in [3.63, 3.8) is 0 Å². The maximum atomic E-state index is 5.89. The van der Waals surface area contributed by atoms with Crippen LogP contribution in [0, 0.1) is 0 Å². The van der Waals surface area contributed by atoms with Gasteiger partial charge in [0.25, 0.3) is 0 Å². The number of piperazine rings is 1. The SMILES string of the molecule is CCCC1CN(CC2CCCO2)C2(CCCC2)CN1. The van der Waals surface area contributed by atoms with Crippen LogP contribution in [0.2, 0.25) is 0 Å². The third-order valence-corrected chi connectivity index (χ3v) is 5.45. The molecule has 0 radical (unpaired) electrons. The standard InChI is InChI=1S/C16H30N2O/c1-2-6-14-11-18(12-15-7-5-10-19-15)16(13-17-14)8-3-4-9-16/h14-15,17H,2-13H2,1H3. The zero-order valence-electron chi connectivity index (χ0n) is 12.5. The van der Waals surface area contributed by atoms with Gasteiger partial charge in [-0.05, 0) is 32.1 Å². The quantitative estimate of drug-likeness (QED) is 0.846. The fourth-order valence-corrected chi connectivity index (χ4v) is 4.34. The van der Waals surface area contributed by atoms with E-state index in [0.717, 1.165) is 6.61 Å². The Kier molecular flexibility index (Phi) is 4.45. The lowest BCUT2D eigenvalue weighted by atomic mass is 9.89. The van der Waals surface area contributed by atoms with Gasteiger partial charge in [-0.3, -0.25) is 4.90 Å². The summed E-state index contributed by atoms with van der Waals surface area (Å²) in [7, 11) is 0. The first-order valence-electron chi connectivity index (χ1n) is 8.42. The van der Waals surface area contributed by atoms with Crippen LogP contribution in [0.1, 0.15) is 58.3 Å². The Labute approximate surface area is 118 Å². The lowest BCUT2D eigenvalue weighted by Crippen LogP contribution is -2.64. The first-order valence-corrected chi connectivity index (χ1v) is 8.42. The second kappa shape index (κ2) is 6.11. The van der Waals surface area contributed by atoms with E-state index in [1.54, 1.807) is 0 Å². The molecule has 3 nitrogen and oxygen atoms in total. The molecule has 1 N–H and O–H groups in total. The predicted molar refractivity (Wildman–Crippen MR) is 78.4 cm³/mol. The van der Waals surface area contributed by atoms with Crippen LogP contribution in [0.15, 0.2) is 0 Å². The van der Waals surface area contributed by atoms with E-state index in [2.05, 4.69) is 17.1 Å². The molecule has 2 atom stereocenters. The minimum absolute atomic E-state index is 0.468. The number of rotatable bonds is 4. The molecule has 0 aromatic carbocycles. The molecule has 3 fully saturated rings. The Bertz CT molecular complexity index is 282. The van der Waals surface area contributed by atoms with Crippen LogP contribution < -0.4 is 5.32 Å². The van der Waals surface area contributed by atoms with E-state index in [9.17, 15) is 0 Å². The minimum Gasteiger partial charge on any atom is -0.377 e. The van der Waals surface area contributed by atoms with E-state index in [-0.39, 0.29) is 0 Å². The predicted octanol–water partition coefficient (Wildman–Crippen LogP) is 2.55. The summed E-state index contributed by atoms with van der Waals surface area (Å²) in [6.45, 7) is 6.92. The van der Waals surface area contributed by atoms with Crippen LogP contribution in [0.3, 0.4) is 0 Å². The molecule has 110 valence electrons. The summed E-state index contributed by atoms with van der Waals surface area (Å²) in [5.74, 6) is 0. The summed E-state index contributed by atoms with van der Waals surface area (Å²) in [6, 6.07) is 0.706. The van der Waals surface area contributed by atoms with Crippen molar-refractivity contribution >= 4 is 0 Å². The van der Waals surface area contributed by atoms with E-state index in [4.69, 9.17) is 4.74 Å². The summed E-state index contributed by atoms with van der Waals surface area (Å²) in [4.78, 5) is 2.81. The van der Waals surface area contributed by atoms with Gasteiger partial charge in [-0.2, -0.15) is 0 Å². The molecule has 1 spiro atoms. The van der Waals surface area contributed by atoms with Gasteiger partial charge in [0.1, 0.15) is 0 Å². The van der Waals surface area contributed by atoms with Crippen LogP contribution in [0.5, 0.6) is 0 Å². The summed E-state index contributed by atoms with van der Waals surface area (Å²) >= 11 is 0. The monoisotopic (exact) mass is 266 g/mol. The topological polar surface area (TPSA) is 24.5 Å².